The van der Waals surface area contributed by atoms with Gasteiger partial charge in [-0.3, -0.25) is 4.79 Å². The number of aryl methyl sites for hydroxylation is 2. The number of carbonyl (C=O) groups excluding carboxylic acids is 1. The summed E-state index contributed by atoms with van der Waals surface area (Å²) < 4.78 is 0. The number of H-pyrrole nitrogens is 1. The molecule has 1 aromatic heterocycles. The average molecular weight is 348 g/mol. The highest BCUT2D eigenvalue weighted by Gasteiger charge is 2.19. The van der Waals surface area contributed by atoms with Crippen molar-refractivity contribution in [2.24, 2.45) is 10.2 Å². The molecule has 26 heavy (non-hydrogen) atoms. The molecule has 0 radical (unpaired) electrons. The number of fused-ring (bicyclic) bond motifs is 2. The van der Waals surface area contributed by atoms with Crippen molar-refractivity contribution in [2.75, 3.05) is 18.0 Å². The van der Waals surface area contributed by atoms with Crippen LogP contribution in [-0.4, -0.2) is 29.1 Å². The Balaban J connectivity index is 1.55. The van der Waals surface area contributed by atoms with E-state index in [0.29, 0.717) is 5.69 Å². The van der Waals surface area contributed by atoms with Gasteiger partial charge in [-0.1, -0.05) is 36.4 Å². The lowest BCUT2D eigenvalue weighted by Crippen LogP contribution is -2.33. The SMILES string of the molecule is Cc1cccc2c(N=NC(=O)CN3CCCc4ccccc43)c(O)[nH]c12. The van der Waals surface area contributed by atoms with Gasteiger partial charge in [0.25, 0.3) is 5.91 Å². The molecule has 4 rings (SSSR count). The van der Waals surface area contributed by atoms with Crippen LogP contribution in [0.3, 0.4) is 0 Å². The fourth-order valence-electron chi connectivity index (χ4n) is 3.51. The number of amides is 1. The number of nitrogens with one attached hydrogen (secondary N) is 1. The van der Waals surface area contributed by atoms with Crippen LogP contribution in [0.4, 0.5) is 11.4 Å². The number of anilines is 1. The van der Waals surface area contributed by atoms with Crippen LogP contribution in [0.25, 0.3) is 10.9 Å². The van der Waals surface area contributed by atoms with E-state index in [1.54, 1.807) is 0 Å². The molecule has 0 bridgehead atoms. The third-order valence-corrected chi connectivity index (χ3v) is 4.79. The number of benzene rings is 2. The van der Waals surface area contributed by atoms with Crippen LogP contribution in [0.5, 0.6) is 5.88 Å². The maximum absolute atomic E-state index is 12.3. The first-order valence-electron chi connectivity index (χ1n) is 8.71. The molecule has 1 aliphatic heterocycles. The average Bonchev–Trinajstić information content (AvgIpc) is 2.97. The van der Waals surface area contributed by atoms with Gasteiger partial charge < -0.3 is 15.0 Å². The van der Waals surface area contributed by atoms with Crippen LogP contribution < -0.4 is 4.90 Å². The Morgan fingerprint density at radius 1 is 1.23 bits per heavy atom. The predicted molar refractivity (Wildman–Crippen MR) is 101 cm³/mol. The summed E-state index contributed by atoms with van der Waals surface area (Å²) >= 11 is 0. The van der Waals surface area contributed by atoms with E-state index in [1.807, 2.05) is 48.2 Å². The summed E-state index contributed by atoms with van der Waals surface area (Å²) in [5, 5.41) is 18.7. The summed E-state index contributed by atoms with van der Waals surface area (Å²) in [6, 6.07) is 13.8. The van der Waals surface area contributed by atoms with Gasteiger partial charge >= 0.3 is 0 Å². The number of para-hydroxylation sites is 2. The topological polar surface area (TPSA) is 81.1 Å². The van der Waals surface area contributed by atoms with Gasteiger partial charge in [-0.25, -0.2) is 0 Å². The highest BCUT2D eigenvalue weighted by atomic mass is 16.3. The van der Waals surface area contributed by atoms with Gasteiger partial charge in [-0.05, 0) is 37.0 Å². The third-order valence-electron chi connectivity index (χ3n) is 4.79. The van der Waals surface area contributed by atoms with E-state index in [0.717, 1.165) is 41.5 Å². The van der Waals surface area contributed by atoms with Crippen LogP contribution in [0, 0.1) is 6.92 Å². The normalized spacial score (nSPS) is 14.1. The van der Waals surface area contributed by atoms with Crippen molar-refractivity contribution in [3.8, 4) is 5.88 Å². The van der Waals surface area contributed by atoms with E-state index in [2.05, 4.69) is 21.3 Å². The monoisotopic (exact) mass is 348 g/mol. The number of rotatable bonds is 3. The molecule has 0 unspecified atom stereocenters. The molecule has 1 aliphatic rings. The molecule has 0 atom stereocenters. The fourth-order valence-corrected chi connectivity index (χ4v) is 3.51. The molecule has 2 aromatic carbocycles. The summed E-state index contributed by atoms with van der Waals surface area (Å²) in [6.45, 7) is 2.95. The van der Waals surface area contributed by atoms with Crippen molar-refractivity contribution < 1.29 is 9.90 Å². The van der Waals surface area contributed by atoms with Crippen molar-refractivity contribution in [1.82, 2.24) is 4.98 Å². The zero-order chi connectivity index (χ0) is 18.1. The van der Waals surface area contributed by atoms with Gasteiger partial charge in [-0.15, -0.1) is 10.2 Å². The molecule has 6 nitrogen and oxygen atoms in total. The molecule has 132 valence electrons. The Labute approximate surface area is 151 Å². The van der Waals surface area contributed by atoms with Crippen molar-refractivity contribution in [3.63, 3.8) is 0 Å². The van der Waals surface area contributed by atoms with Crippen LogP contribution in [0.2, 0.25) is 0 Å². The second-order valence-corrected chi connectivity index (χ2v) is 6.57. The van der Waals surface area contributed by atoms with Gasteiger partial charge in [0.1, 0.15) is 6.54 Å². The molecule has 0 saturated heterocycles. The van der Waals surface area contributed by atoms with Crippen LogP contribution in [-0.2, 0) is 11.2 Å². The summed E-state index contributed by atoms with van der Waals surface area (Å²) in [5.74, 6) is -0.405. The van der Waals surface area contributed by atoms with Gasteiger partial charge in [0.2, 0.25) is 5.88 Å². The smallest absolute Gasteiger partial charge is 0.283 e. The molecule has 1 amide bonds. The van der Waals surface area contributed by atoms with Gasteiger partial charge in [0.15, 0.2) is 5.69 Å². The molecule has 6 heteroatoms. The second-order valence-electron chi connectivity index (χ2n) is 6.57. The van der Waals surface area contributed by atoms with Gasteiger partial charge in [-0.2, -0.15) is 0 Å². The first-order chi connectivity index (χ1) is 12.6. The molecular weight excluding hydrogens is 328 g/mol. The molecule has 3 aromatic rings. The number of azo groups is 1. The number of aromatic amines is 1. The highest BCUT2D eigenvalue weighted by molar-refractivity contribution is 5.96. The Morgan fingerprint density at radius 3 is 2.96 bits per heavy atom. The van der Waals surface area contributed by atoms with E-state index in [-0.39, 0.29) is 18.3 Å². The maximum atomic E-state index is 12.3. The summed E-state index contributed by atoms with van der Waals surface area (Å²) in [7, 11) is 0. The second kappa shape index (κ2) is 6.63. The van der Waals surface area contributed by atoms with Crippen molar-refractivity contribution in [3.05, 3.63) is 53.6 Å². The van der Waals surface area contributed by atoms with Crippen LogP contribution >= 0.6 is 0 Å². The summed E-state index contributed by atoms with van der Waals surface area (Å²) in [6.07, 6.45) is 2.05. The van der Waals surface area contributed by atoms with E-state index in [4.69, 9.17) is 0 Å². The van der Waals surface area contributed by atoms with Crippen molar-refractivity contribution in [2.45, 2.75) is 19.8 Å². The Morgan fingerprint density at radius 2 is 2.08 bits per heavy atom. The molecule has 0 aliphatic carbocycles. The van der Waals surface area contributed by atoms with Crippen LogP contribution in [0.1, 0.15) is 17.5 Å². The van der Waals surface area contributed by atoms with Crippen LogP contribution in [0.15, 0.2) is 52.7 Å². The number of carbonyl (C=O) groups is 1. The van der Waals surface area contributed by atoms with Crippen molar-refractivity contribution >= 4 is 28.2 Å². The minimum atomic E-state index is -0.330. The highest BCUT2D eigenvalue weighted by Crippen LogP contribution is 2.36. The number of aromatic nitrogens is 1. The quantitative estimate of drug-likeness (QED) is 0.695. The van der Waals surface area contributed by atoms with E-state index in [9.17, 15) is 9.90 Å². The molecule has 0 saturated carbocycles. The minimum Gasteiger partial charge on any atom is -0.493 e. The lowest BCUT2D eigenvalue weighted by Gasteiger charge is -2.29. The van der Waals surface area contributed by atoms with E-state index in [1.165, 1.54) is 5.56 Å². The number of hydrogen-bond acceptors (Lipinski definition) is 4. The molecule has 0 spiro atoms. The van der Waals surface area contributed by atoms with Crippen molar-refractivity contribution in [1.29, 1.82) is 0 Å². The standard InChI is InChI=1S/C20H20N4O2/c1-13-6-4-9-15-18(13)21-20(26)19(15)23-22-17(25)12-24-11-5-8-14-7-2-3-10-16(14)24/h2-4,6-7,9-10,21,26H,5,8,11-12H2,1H3. The molecule has 2 heterocycles. The van der Waals surface area contributed by atoms with Gasteiger partial charge in [0, 0.05) is 17.6 Å². The summed E-state index contributed by atoms with van der Waals surface area (Å²) in [4.78, 5) is 17.3. The maximum Gasteiger partial charge on any atom is 0.283 e. The molecular formula is C20H20N4O2. The minimum absolute atomic E-state index is 0.0748. The lowest BCUT2D eigenvalue weighted by atomic mass is 10.0. The fraction of sp³-hybridized carbons (Fsp3) is 0.250. The van der Waals surface area contributed by atoms with Gasteiger partial charge in [0.05, 0.1) is 5.52 Å². The zero-order valence-electron chi connectivity index (χ0n) is 14.6. The largest absolute Gasteiger partial charge is 0.493 e. The Kier molecular flexibility index (Phi) is 4.16. The zero-order valence-corrected chi connectivity index (χ0v) is 14.6. The number of hydrogen-bond donors (Lipinski definition) is 2. The van der Waals surface area contributed by atoms with E-state index < -0.39 is 0 Å². The first kappa shape index (κ1) is 16.3. The van der Waals surface area contributed by atoms with E-state index >= 15 is 0 Å². The third kappa shape index (κ3) is 2.94. The first-order valence-corrected chi connectivity index (χ1v) is 8.71. The molecule has 2 N–H and O–H groups in total. The molecule has 0 fully saturated rings. The predicted octanol–water partition coefficient (Wildman–Crippen LogP) is 4.25. The Hall–Kier alpha value is -3.15. The summed E-state index contributed by atoms with van der Waals surface area (Å²) in [5.41, 5.74) is 4.45. The number of nitrogens with zero attached hydrogens (tertiary/aromatic N) is 3. The Bertz CT molecular complexity index is 1010. The number of aromatic hydroxyl groups is 1. The lowest BCUT2D eigenvalue weighted by molar-refractivity contribution is -0.117.